The minimum absolute atomic E-state index is 0.276. The average Bonchev–Trinajstić information content (AvgIpc) is 2.85. The molecule has 1 heterocycles. The molecular weight excluding hydrogens is 416 g/mol. The van der Waals surface area contributed by atoms with Crippen molar-refractivity contribution >= 4 is 6.08 Å². The summed E-state index contributed by atoms with van der Waals surface area (Å²) in [5.74, 6) is 0.0883. The number of hydrogen-bond acceptors (Lipinski definition) is 2. The fourth-order valence-electron chi connectivity index (χ4n) is 4.37. The Morgan fingerprint density at radius 3 is 1.97 bits per heavy atom. The van der Waals surface area contributed by atoms with Gasteiger partial charge in [0.05, 0.1) is 0 Å². The van der Waals surface area contributed by atoms with Crippen molar-refractivity contribution in [1.82, 2.24) is 4.90 Å². The molecule has 2 nitrogen and oxygen atoms in total. The number of ether oxygens (including phenoxy) is 1. The van der Waals surface area contributed by atoms with Crippen molar-refractivity contribution in [2.75, 3.05) is 26.2 Å². The number of likely N-dealkylation sites (tertiary alicyclic amines) is 1. The number of hydrogen-bond donors (Lipinski definition) is 0. The van der Waals surface area contributed by atoms with Gasteiger partial charge in [0.25, 0.3) is 0 Å². The van der Waals surface area contributed by atoms with E-state index in [1.165, 1.54) is 42.7 Å². The third-order valence-corrected chi connectivity index (χ3v) is 6.34. The Balaban J connectivity index is 1.25. The second kappa shape index (κ2) is 11.9. The van der Waals surface area contributed by atoms with E-state index in [1.54, 1.807) is 24.3 Å². The molecule has 0 amide bonds. The highest BCUT2D eigenvalue weighted by Crippen LogP contribution is 2.28. The lowest BCUT2D eigenvalue weighted by Crippen LogP contribution is -2.34. The lowest BCUT2D eigenvalue weighted by atomic mass is 9.93. The van der Waals surface area contributed by atoms with Crippen LogP contribution in [0.5, 0.6) is 0 Å². The Morgan fingerprint density at radius 2 is 1.39 bits per heavy atom. The highest BCUT2D eigenvalue weighted by molar-refractivity contribution is 5.48. The molecule has 1 saturated heterocycles. The zero-order chi connectivity index (χ0) is 22.9. The van der Waals surface area contributed by atoms with Crippen LogP contribution in [0.15, 0.2) is 84.9 Å². The maximum Gasteiger partial charge on any atom is 0.123 e. The molecule has 0 bridgehead atoms. The summed E-state index contributed by atoms with van der Waals surface area (Å²) in [6.07, 6.45) is 7.43. The molecule has 1 fully saturated rings. The van der Waals surface area contributed by atoms with Gasteiger partial charge in [-0.25, -0.2) is 8.78 Å². The Hall–Kier alpha value is -2.82. The topological polar surface area (TPSA) is 12.5 Å². The summed E-state index contributed by atoms with van der Waals surface area (Å²) in [5.41, 5.74) is 2.99. The molecule has 0 saturated carbocycles. The Kier molecular flexibility index (Phi) is 8.40. The number of rotatable bonds is 9. The second-order valence-corrected chi connectivity index (χ2v) is 8.70. The third kappa shape index (κ3) is 7.08. The number of piperidine rings is 1. The number of benzene rings is 3. The summed E-state index contributed by atoms with van der Waals surface area (Å²) in [5, 5.41) is 0. The fraction of sp³-hybridized carbons (Fsp3) is 0.310. The molecule has 4 rings (SSSR count). The van der Waals surface area contributed by atoms with Gasteiger partial charge < -0.3 is 4.74 Å². The second-order valence-electron chi connectivity index (χ2n) is 8.70. The van der Waals surface area contributed by atoms with Gasteiger partial charge >= 0.3 is 0 Å². The van der Waals surface area contributed by atoms with E-state index in [-0.39, 0.29) is 17.7 Å². The highest BCUT2D eigenvalue weighted by Gasteiger charge is 2.20. The van der Waals surface area contributed by atoms with E-state index < -0.39 is 0 Å². The molecule has 0 spiro atoms. The van der Waals surface area contributed by atoms with Gasteiger partial charge in [0.15, 0.2) is 0 Å². The maximum absolute atomic E-state index is 13.4. The summed E-state index contributed by atoms with van der Waals surface area (Å²) in [7, 11) is 0. The predicted molar refractivity (Wildman–Crippen MR) is 130 cm³/mol. The predicted octanol–water partition coefficient (Wildman–Crippen LogP) is 6.89. The molecular formula is C29H31F2NO. The molecule has 33 heavy (non-hydrogen) atoms. The first kappa shape index (κ1) is 23.3. The largest absolute Gasteiger partial charge is 0.369 e. The summed E-state index contributed by atoms with van der Waals surface area (Å²) in [4.78, 5) is 2.50. The van der Waals surface area contributed by atoms with Gasteiger partial charge in [0, 0.05) is 13.2 Å². The normalized spacial score (nSPS) is 15.5. The SMILES string of the molecule is Fc1ccc(C(OCCC2CCN(C/C=C\c3ccccc3)CC2)c2ccc(F)cc2)cc1. The van der Waals surface area contributed by atoms with Crippen molar-refractivity contribution in [2.45, 2.75) is 25.4 Å². The van der Waals surface area contributed by atoms with Crippen LogP contribution in [0.4, 0.5) is 8.78 Å². The first-order valence-corrected chi connectivity index (χ1v) is 11.7. The van der Waals surface area contributed by atoms with Gasteiger partial charge in [-0.1, -0.05) is 66.7 Å². The molecule has 3 aromatic rings. The molecule has 0 N–H and O–H groups in total. The van der Waals surface area contributed by atoms with Crippen molar-refractivity contribution in [1.29, 1.82) is 0 Å². The van der Waals surface area contributed by atoms with E-state index in [1.807, 2.05) is 6.07 Å². The van der Waals surface area contributed by atoms with Crippen LogP contribution in [0, 0.1) is 17.6 Å². The molecule has 0 radical (unpaired) electrons. The van der Waals surface area contributed by atoms with E-state index in [4.69, 9.17) is 4.74 Å². The van der Waals surface area contributed by atoms with Crippen molar-refractivity contribution in [2.24, 2.45) is 5.92 Å². The quantitative estimate of drug-likeness (QED) is 0.354. The molecule has 0 aromatic heterocycles. The molecule has 3 aromatic carbocycles. The van der Waals surface area contributed by atoms with Crippen molar-refractivity contribution in [3.8, 4) is 0 Å². The van der Waals surface area contributed by atoms with Gasteiger partial charge in [-0.15, -0.1) is 0 Å². The Labute approximate surface area is 195 Å². The van der Waals surface area contributed by atoms with Crippen molar-refractivity contribution in [3.05, 3.63) is 113 Å². The lowest BCUT2D eigenvalue weighted by molar-refractivity contribution is 0.0609. The monoisotopic (exact) mass is 447 g/mol. The van der Waals surface area contributed by atoms with Crippen LogP contribution in [-0.4, -0.2) is 31.1 Å². The number of halogens is 2. The van der Waals surface area contributed by atoms with Gasteiger partial charge in [-0.3, -0.25) is 4.90 Å². The van der Waals surface area contributed by atoms with Crippen LogP contribution in [0.1, 0.15) is 42.1 Å². The van der Waals surface area contributed by atoms with E-state index in [0.717, 1.165) is 37.2 Å². The van der Waals surface area contributed by atoms with Crippen LogP contribution >= 0.6 is 0 Å². The first-order chi connectivity index (χ1) is 16.2. The van der Waals surface area contributed by atoms with Gasteiger partial charge in [-0.2, -0.15) is 0 Å². The summed E-state index contributed by atoms with van der Waals surface area (Å²) >= 11 is 0. The molecule has 1 aliphatic rings. The summed E-state index contributed by atoms with van der Waals surface area (Å²) in [6.45, 7) is 3.81. The van der Waals surface area contributed by atoms with E-state index in [9.17, 15) is 8.78 Å². The zero-order valence-corrected chi connectivity index (χ0v) is 18.9. The molecule has 1 aliphatic heterocycles. The van der Waals surface area contributed by atoms with Crippen LogP contribution in [-0.2, 0) is 4.74 Å². The fourth-order valence-corrected chi connectivity index (χ4v) is 4.37. The van der Waals surface area contributed by atoms with E-state index in [2.05, 4.69) is 41.3 Å². The van der Waals surface area contributed by atoms with Crippen LogP contribution in [0.2, 0.25) is 0 Å². The smallest absolute Gasteiger partial charge is 0.123 e. The number of nitrogens with zero attached hydrogens (tertiary/aromatic N) is 1. The van der Waals surface area contributed by atoms with Gasteiger partial charge in [0.2, 0.25) is 0 Å². The van der Waals surface area contributed by atoms with E-state index in [0.29, 0.717) is 12.5 Å². The zero-order valence-electron chi connectivity index (χ0n) is 18.9. The molecule has 0 aliphatic carbocycles. The van der Waals surface area contributed by atoms with Crippen LogP contribution in [0.3, 0.4) is 0 Å². The molecule has 0 atom stereocenters. The Morgan fingerprint density at radius 1 is 0.818 bits per heavy atom. The first-order valence-electron chi connectivity index (χ1n) is 11.7. The van der Waals surface area contributed by atoms with Crippen LogP contribution < -0.4 is 0 Å². The molecule has 0 unspecified atom stereocenters. The lowest BCUT2D eigenvalue weighted by Gasteiger charge is -2.31. The van der Waals surface area contributed by atoms with Gasteiger partial charge in [0.1, 0.15) is 17.7 Å². The maximum atomic E-state index is 13.4. The highest BCUT2D eigenvalue weighted by atomic mass is 19.1. The van der Waals surface area contributed by atoms with Crippen molar-refractivity contribution in [3.63, 3.8) is 0 Å². The van der Waals surface area contributed by atoms with Gasteiger partial charge in [-0.05, 0) is 79.2 Å². The molecule has 172 valence electrons. The summed E-state index contributed by atoms with van der Waals surface area (Å²) < 4.78 is 33.1. The van der Waals surface area contributed by atoms with E-state index >= 15 is 0 Å². The van der Waals surface area contributed by atoms with Crippen LogP contribution in [0.25, 0.3) is 6.08 Å². The van der Waals surface area contributed by atoms with Crippen molar-refractivity contribution < 1.29 is 13.5 Å². The summed E-state index contributed by atoms with van der Waals surface area (Å²) in [6, 6.07) is 23.1. The minimum atomic E-state index is -0.325. The average molecular weight is 448 g/mol. The Bertz CT molecular complexity index is 949. The standard InChI is InChI=1S/C29H31F2NO/c30-27-12-8-25(9-13-27)29(26-10-14-28(31)15-11-26)33-22-18-24-16-20-32(21-17-24)19-4-7-23-5-2-1-3-6-23/h1-15,24,29H,16-22H2/b7-4-. The third-order valence-electron chi connectivity index (χ3n) is 6.34. The molecule has 4 heteroatoms. The minimum Gasteiger partial charge on any atom is -0.369 e.